The molecule has 1 N–H and O–H groups in total. The molecule has 1 amide bonds. The second kappa shape index (κ2) is 6.87. The molecule has 0 aliphatic carbocycles. The molecule has 4 rings (SSSR count). The van der Waals surface area contributed by atoms with Crippen molar-refractivity contribution in [2.45, 2.75) is 25.7 Å². The number of aromatic nitrogens is 1. The van der Waals surface area contributed by atoms with Crippen LogP contribution in [0.5, 0.6) is 5.75 Å². The number of H-pyrrole nitrogens is 1. The van der Waals surface area contributed by atoms with Crippen molar-refractivity contribution < 1.29 is 9.53 Å². The van der Waals surface area contributed by atoms with Gasteiger partial charge in [-0.25, -0.2) is 0 Å². The van der Waals surface area contributed by atoms with E-state index in [-0.39, 0.29) is 5.91 Å². The molecule has 2 aromatic carbocycles. The van der Waals surface area contributed by atoms with Gasteiger partial charge in [0, 0.05) is 35.8 Å². The Morgan fingerprint density at radius 1 is 1.15 bits per heavy atom. The number of nitrogens with one attached hydrogen (secondary N) is 1. The van der Waals surface area contributed by atoms with Crippen LogP contribution in [0, 0.1) is 6.92 Å². The molecule has 0 radical (unpaired) electrons. The summed E-state index contributed by atoms with van der Waals surface area (Å²) < 4.78 is 5.18. The van der Waals surface area contributed by atoms with Gasteiger partial charge in [0.15, 0.2) is 0 Å². The Kier molecular flexibility index (Phi) is 4.41. The highest BCUT2D eigenvalue weighted by atomic mass is 16.5. The first kappa shape index (κ1) is 16.7. The minimum Gasteiger partial charge on any atom is -0.497 e. The van der Waals surface area contributed by atoms with E-state index in [0.29, 0.717) is 5.92 Å². The minimum atomic E-state index is 0.101. The number of fused-ring (bicyclic) bond motifs is 1. The van der Waals surface area contributed by atoms with E-state index in [2.05, 4.69) is 36.2 Å². The van der Waals surface area contributed by atoms with E-state index in [1.54, 1.807) is 7.11 Å². The number of piperidine rings is 1. The van der Waals surface area contributed by atoms with E-state index >= 15 is 0 Å². The van der Waals surface area contributed by atoms with Gasteiger partial charge in [-0.1, -0.05) is 11.6 Å². The molecule has 0 saturated carbocycles. The number of nitrogens with zero attached hydrogens (tertiary/aromatic N) is 1. The highest BCUT2D eigenvalue weighted by molar-refractivity contribution is 5.94. The SMILES string of the molecule is COc1ccc(C(=O)N2CCCC(c3cc4cc(C)ccc4[nH]3)C2)cc1. The standard InChI is InChI=1S/C22H24N2O2/c1-15-5-10-20-18(12-15)13-21(23-20)17-4-3-11-24(14-17)22(25)16-6-8-19(26-2)9-7-16/h5-10,12-13,17,23H,3-4,11,14H2,1-2H3. The molecule has 1 unspecified atom stereocenters. The predicted molar refractivity (Wildman–Crippen MR) is 104 cm³/mol. The summed E-state index contributed by atoms with van der Waals surface area (Å²) in [6.45, 7) is 3.69. The normalized spacial score (nSPS) is 17.5. The molecule has 134 valence electrons. The number of rotatable bonds is 3. The van der Waals surface area contributed by atoms with Gasteiger partial charge in [0.05, 0.1) is 7.11 Å². The number of likely N-dealkylation sites (tertiary alicyclic amines) is 1. The maximum Gasteiger partial charge on any atom is 0.253 e. The van der Waals surface area contributed by atoms with Gasteiger partial charge >= 0.3 is 0 Å². The number of aromatic amines is 1. The number of ether oxygens (including phenoxy) is 1. The van der Waals surface area contributed by atoms with Crippen LogP contribution in [0.3, 0.4) is 0 Å². The van der Waals surface area contributed by atoms with E-state index in [9.17, 15) is 4.79 Å². The highest BCUT2D eigenvalue weighted by Gasteiger charge is 2.26. The van der Waals surface area contributed by atoms with Crippen molar-refractivity contribution in [3.8, 4) is 5.75 Å². The van der Waals surface area contributed by atoms with E-state index in [1.165, 1.54) is 22.2 Å². The lowest BCUT2D eigenvalue weighted by Crippen LogP contribution is -2.39. The van der Waals surface area contributed by atoms with Crippen molar-refractivity contribution in [3.63, 3.8) is 0 Å². The molecule has 1 fully saturated rings. The third-order valence-electron chi connectivity index (χ3n) is 5.28. The van der Waals surface area contributed by atoms with Crippen LogP contribution in [-0.2, 0) is 0 Å². The summed E-state index contributed by atoms with van der Waals surface area (Å²) in [7, 11) is 1.63. The molecule has 1 aliphatic heterocycles. The molecule has 0 spiro atoms. The third-order valence-corrected chi connectivity index (χ3v) is 5.28. The van der Waals surface area contributed by atoms with Crippen LogP contribution in [-0.4, -0.2) is 36.0 Å². The topological polar surface area (TPSA) is 45.3 Å². The predicted octanol–water partition coefficient (Wildman–Crippen LogP) is 4.50. The summed E-state index contributed by atoms with van der Waals surface area (Å²) in [5, 5.41) is 1.25. The Hall–Kier alpha value is -2.75. The fourth-order valence-electron chi connectivity index (χ4n) is 3.83. The minimum absolute atomic E-state index is 0.101. The van der Waals surface area contributed by atoms with Crippen molar-refractivity contribution in [2.24, 2.45) is 0 Å². The van der Waals surface area contributed by atoms with Gasteiger partial charge in [0.2, 0.25) is 0 Å². The molecule has 3 aromatic rings. The van der Waals surface area contributed by atoms with Gasteiger partial charge in [-0.2, -0.15) is 0 Å². The van der Waals surface area contributed by atoms with Crippen LogP contribution >= 0.6 is 0 Å². The van der Waals surface area contributed by atoms with Gasteiger partial charge < -0.3 is 14.6 Å². The molecule has 1 aromatic heterocycles. The van der Waals surface area contributed by atoms with Crippen molar-refractivity contribution in [1.82, 2.24) is 9.88 Å². The molecule has 1 saturated heterocycles. The second-order valence-electron chi connectivity index (χ2n) is 7.13. The average Bonchev–Trinajstić information content (AvgIpc) is 3.11. The van der Waals surface area contributed by atoms with Crippen LogP contribution in [0.25, 0.3) is 10.9 Å². The molecule has 1 aliphatic rings. The smallest absolute Gasteiger partial charge is 0.253 e. The Bertz CT molecular complexity index is 927. The van der Waals surface area contributed by atoms with Crippen LogP contribution < -0.4 is 4.74 Å². The number of carbonyl (C=O) groups is 1. The fraction of sp³-hybridized carbons (Fsp3) is 0.318. The Morgan fingerprint density at radius 2 is 1.96 bits per heavy atom. The van der Waals surface area contributed by atoms with E-state index in [0.717, 1.165) is 37.2 Å². The summed E-state index contributed by atoms with van der Waals surface area (Å²) >= 11 is 0. The summed E-state index contributed by atoms with van der Waals surface area (Å²) in [6.07, 6.45) is 2.14. The van der Waals surface area contributed by atoms with Gasteiger partial charge in [0.1, 0.15) is 5.75 Å². The molecule has 26 heavy (non-hydrogen) atoms. The van der Waals surface area contributed by atoms with Crippen LogP contribution in [0.1, 0.15) is 40.4 Å². The third kappa shape index (κ3) is 3.19. The fourth-order valence-corrected chi connectivity index (χ4v) is 3.83. The summed E-state index contributed by atoms with van der Waals surface area (Å²) in [5.41, 5.74) is 4.39. The van der Waals surface area contributed by atoms with Gasteiger partial charge in [-0.3, -0.25) is 4.79 Å². The lowest BCUT2D eigenvalue weighted by molar-refractivity contribution is 0.0706. The summed E-state index contributed by atoms with van der Waals surface area (Å²) in [5.74, 6) is 1.23. The van der Waals surface area contributed by atoms with Crippen molar-refractivity contribution in [2.75, 3.05) is 20.2 Å². The van der Waals surface area contributed by atoms with E-state index in [1.807, 2.05) is 29.2 Å². The highest BCUT2D eigenvalue weighted by Crippen LogP contribution is 2.30. The number of aryl methyl sites for hydroxylation is 1. The van der Waals surface area contributed by atoms with Gasteiger partial charge in [-0.15, -0.1) is 0 Å². The molecular weight excluding hydrogens is 324 g/mol. The van der Waals surface area contributed by atoms with Crippen molar-refractivity contribution in [1.29, 1.82) is 0 Å². The lowest BCUT2D eigenvalue weighted by atomic mass is 9.94. The molecule has 4 nitrogen and oxygen atoms in total. The van der Waals surface area contributed by atoms with Crippen molar-refractivity contribution >= 4 is 16.8 Å². The quantitative estimate of drug-likeness (QED) is 0.757. The average molecular weight is 348 g/mol. The first-order valence-corrected chi connectivity index (χ1v) is 9.16. The summed E-state index contributed by atoms with van der Waals surface area (Å²) in [4.78, 5) is 18.4. The summed E-state index contributed by atoms with van der Waals surface area (Å²) in [6, 6.07) is 16.1. The number of hydrogen-bond acceptors (Lipinski definition) is 2. The van der Waals surface area contributed by atoms with Gasteiger partial charge in [-0.05, 0) is 67.6 Å². The van der Waals surface area contributed by atoms with Crippen molar-refractivity contribution in [3.05, 3.63) is 65.4 Å². The Balaban J connectivity index is 1.53. The second-order valence-corrected chi connectivity index (χ2v) is 7.13. The zero-order chi connectivity index (χ0) is 18.1. The molecule has 4 heteroatoms. The monoisotopic (exact) mass is 348 g/mol. The molecule has 1 atom stereocenters. The largest absolute Gasteiger partial charge is 0.497 e. The number of methoxy groups -OCH3 is 1. The van der Waals surface area contributed by atoms with Crippen LogP contribution in [0.15, 0.2) is 48.5 Å². The zero-order valence-electron chi connectivity index (χ0n) is 15.3. The Labute approximate surface area is 153 Å². The maximum atomic E-state index is 12.9. The zero-order valence-corrected chi connectivity index (χ0v) is 15.3. The number of carbonyl (C=O) groups excluding carboxylic acids is 1. The number of amides is 1. The Morgan fingerprint density at radius 3 is 2.73 bits per heavy atom. The maximum absolute atomic E-state index is 12.9. The van der Waals surface area contributed by atoms with Crippen LogP contribution in [0.4, 0.5) is 0 Å². The first-order chi connectivity index (χ1) is 12.6. The van der Waals surface area contributed by atoms with Gasteiger partial charge in [0.25, 0.3) is 5.91 Å². The van der Waals surface area contributed by atoms with Crippen LogP contribution in [0.2, 0.25) is 0 Å². The van der Waals surface area contributed by atoms with E-state index in [4.69, 9.17) is 4.74 Å². The molecule has 0 bridgehead atoms. The number of hydrogen-bond donors (Lipinski definition) is 1. The van der Waals surface area contributed by atoms with E-state index < -0.39 is 0 Å². The number of benzene rings is 2. The molecule has 2 heterocycles. The molecular formula is C22H24N2O2. The first-order valence-electron chi connectivity index (χ1n) is 9.16. The lowest BCUT2D eigenvalue weighted by Gasteiger charge is -2.32.